The first-order valence-corrected chi connectivity index (χ1v) is 9.95. The summed E-state index contributed by atoms with van der Waals surface area (Å²) in [6.45, 7) is 2.60. The van der Waals surface area contributed by atoms with Crippen LogP contribution in [0.5, 0.6) is 11.5 Å². The molecule has 3 rings (SSSR count). The van der Waals surface area contributed by atoms with Gasteiger partial charge < -0.3 is 19.9 Å². The highest BCUT2D eigenvalue weighted by Crippen LogP contribution is 2.37. The number of aryl methyl sites for hydroxylation is 1. The number of halogens is 2. The summed E-state index contributed by atoms with van der Waals surface area (Å²) < 4.78 is 11.3. The van der Waals surface area contributed by atoms with E-state index in [1.54, 1.807) is 37.4 Å². The minimum absolute atomic E-state index is 0.253. The maximum absolute atomic E-state index is 11.1. The fourth-order valence-electron chi connectivity index (χ4n) is 2.97. The van der Waals surface area contributed by atoms with E-state index in [0.29, 0.717) is 28.1 Å². The molecule has 0 aliphatic rings. The largest absolute Gasteiger partial charge is 0.493 e. The van der Waals surface area contributed by atoms with Gasteiger partial charge >= 0.3 is 5.97 Å². The standard InChI is InChI=1S/C23H21Cl2NO4/c1-14-9-16(23(27)28)7-8-20(14)26-12-15-10-19(25)22(21(11-15)29-2)30-13-17-5-3-4-6-18(17)24/h3-11,26H,12-13H2,1-2H3,(H,27,28). The van der Waals surface area contributed by atoms with Crippen LogP contribution >= 0.6 is 23.2 Å². The number of methoxy groups -OCH3 is 1. The molecule has 0 spiro atoms. The lowest BCUT2D eigenvalue weighted by Gasteiger charge is -2.16. The number of carboxylic acids is 1. The van der Waals surface area contributed by atoms with Crippen molar-refractivity contribution in [1.29, 1.82) is 0 Å². The zero-order valence-electron chi connectivity index (χ0n) is 16.5. The SMILES string of the molecule is COc1cc(CNc2ccc(C(=O)O)cc2C)cc(Cl)c1OCc1ccccc1Cl. The molecule has 0 radical (unpaired) electrons. The second-order valence-electron chi connectivity index (χ2n) is 6.68. The lowest BCUT2D eigenvalue weighted by atomic mass is 10.1. The molecule has 5 nitrogen and oxygen atoms in total. The van der Waals surface area contributed by atoms with Crippen LogP contribution in [0, 0.1) is 6.92 Å². The number of rotatable bonds is 8. The molecule has 30 heavy (non-hydrogen) atoms. The molecule has 0 aliphatic heterocycles. The molecule has 3 aromatic rings. The topological polar surface area (TPSA) is 67.8 Å². The van der Waals surface area contributed by atoms with Gasteiger partial charge in [-0.05, 0) is 54.4 Å². The molecule has 0 saturated carbocycles. The van der Waals surface area contributed by atoms with Crippen LogP contribution in [0.4, 0.5) is 5.69 Å². The fourth-order valence-corrected chi connectivity index (χ4v) is 3.45. The molecule has 3 aromatic carbocycles. The molecule has 0 saturated heterocycles. The van der Waals surface area contributed by atoms with Gasteiger partial charge in [0.15, 0.2) is 11.5 Å². The fraction of sp³-hybridized carbons (Fsp3) is 0.174. The number of carbonyl (C=O) groups is 1. The second-order valence-corrected chi connectivity index (χ2v) is 7.49. The number of aromatic carboxylic acids is 1. The van der Waals surface area contributed by atoms with E-state index in [1.807, 2.05) is 31.2 Å². The lowest BCUT2D eigenvalue weighted by Crippen LogP contribution is -2.05. The third kappa shape index (κ3) is 5.17. The maximum Gasteiger partial charge on any atom is 0.335 e. The summed E-state index contributed by atoms with van der Waals surface area (Å²) in [5, 5.41) is 13.4. The molecule has 0 unspecified atom stereocenters. The zero-order chi connectivity index (χ0) is 21.7. The van der Waals surface area contributed by atoms with Gasteiger partial charge in [0.2, 0.25) is 0 Å². The summed E-state index contributed by atoms with van der Waals surface area (Å²) in [7, 11) is 1.56. The number of ether oxygens (including phenoxy) is 2. The van der Waals surface area contributed by atoms with Crippen molar-refractivity contribution in [1.82, 2.24) is 0 Å². The number of hydrogen-bond acceptors (Lipinski definition) is 4. The van der Waals surface area contributed by atoms with Crippen LogP contribution in [0.25, 0.3) is 0 Å². The summed E-state index contributed by atoms with van der Waals surface area (Å²) in [6.07, 6.45) is 0. The summed E-state index contributed by atoms with van der Waals surface area (Å²) in [6, 6.07) is 16.0. The highest BCUT2D eigenvalue weighted by Gasteiger charge is 2.14. The molecule has 0 amide bonds. The molecule has 0 aromatic heterocycles. The van der Waals surface area contributed by atoms with E-state index in [2.05, 4.69) is 5.32 Å². The number of hydrogen-bond donors (Lipinski definition) is 2. The van der Waals surface area contributed by atoms with E-state index in [9.17, 15) is 4.79 Å². The molecule has 0 bridgehead atoms. The van der Waals surface area contributed by atoms with Gasteiger partial charge in [0.05, 0.1) is 17.7 Å². The molecule has 156 valence electrons. The molecule has 2 N–H and O–H groups in total. The first-order chi connectivity index (χ1) is 14.4. The summed E-state index contributed by atoms with van der Waals surface area (Å²) in [4.78, 5) is 11.1. The number of nitrogens with one attached hydrogen (secondary N) is 1. The Balaban J connectivity index is 1.73. The number of anilines is 1. The maximum atomic E-state index is 11.1. The summed E-state index contributed by atoms with van der Waals surface area (Å²) in [5.41, 5.74) is 3.68. The van der Waals surface area contributed by atoms with E-state index >= 15 is 0 Å². The van der Waals surface area contributed by atoms with E-state index in [-0.39, 0.29) is 12.2 Å². The Labute approximate surface area is 185 Å². The van der Waals surface area contributed by atoms with Crippen molar-refractivity contribution in [3.8, 4) is 11.5 Å². The minimum Gasteiger partial charge on any atom is -0.493 e. The monoisotopic (exact) mass is 445 g/mol. The Hall–Kier alpha value is -2.89. The van der Waals surface area contributed by atoms with Gasteiger partial charge in [-0.1, -0.05) is 41.4 Å². The van der Waals surface area contributed by atoms with Gasteiger partial charge in [-0.3, -0.25) is 0 Å². The Morgan fingerprint density at radius 1 is 1.07 bits per heavy atom. The highest BCUT2D eigenvalue weighted by atomic mass is 35.5. The Bertz CT molecular complexity index is 1070. The summed E-state index contributed by atoms with van der Waals surface area (Å²) >= 11 is 12.6. The minimum atomic E-state index is -0.950. The first-order valence-electron chi connectivity index (χ1n) is 9.19. The van der Waals surface area contributed by atoms with Gasteiger partial charge in [-0.25, -0.2) is 4.79 Å². The first kappa shape index (κ1) is 21.8. The van der Waals surface area contributed by atoms with Gasteiger partial charge in [0.1, 0.15) is 6.61 Å². The van der Waals surface area contributed by atoms with Crippen LogP contribution in [0.1, 0.15) is 27.0 Å². The van der Waals surface area contributed by atoms with Crippen LogP contribution < -0.4 is 14.8 Å². The molecule has 0 heterocycles. The molecule has 7 heteroatoms. The molecule has 0 aliphatic carbocycles. The van der Waals surface area contributed by atoms with Crippen molar-refractivity contribution >= 4 is 34.9 Å². The average Bonchev–Trinajstić information content (AvgIpc) is 2.72. The molecular weight excluding hydrogens is 425 g/mol. The van der Waals surface area contributed by atoms with E-state index in [4.69, 9.17) is 37.8 Å². The van der Waals surface area contributed by atoms with E-state index in [0.717, 1.165) is 22.4 Å². The van der Waals surface area contributed by atoms with Crippen LogP contribution in [0.2, 0.25) is 10.0 Å². The van der Waals surface area contributed by atoms with Crippen LogP contribution in [-0.2, 0) is 13.2 Å². The Kier molecular flexibility index (Phi) is 7.08. The third-order valence-corrected chi connectivity index (χ3v) is 5.22. The smallest absolute Gasteiger partial charge is 0.335 e. The van der Waals surface area contributed by atoms with Crippen molar-refractivity contribution in [2.24, 2.45) is 0 Å². The van der Waals surface area contributed by atoms with Crippen LogP contribution in [-0.4, -0.2) is 18.2 Å². The second kappa shape index (κ2) is 9.74. The van der Waals surface area contributed by atoms with Crippen LogP contribution in [0.3, 0.4) is 0 Å². The van der Waals surface area contributed by atoms with Crippen molar-refractivity contribution in [2.45, 2.75) is 20.1 Å². The number of carboxylic acid groups (broad SMARTS) is 1. The molecular formula is C23H21Cl2NO4. The lowest BCUT2D eigenvalue weighted by molar-refractivity contribution is 0.0697. The number of benzene rings is 3. The van der Waals surface area contributed by atoms with E-state index < -0.39 is 5.97 Å². The summed E-state index contributed by atoms with van der Waals surface area (Å²) in [5.74, 6) is 0.0164. The zero-order valence-corrected chi connectivity index (χ0v) is 18.1. The van der Waals surface area contributed by atoms with Crippen molar-refractivity contribution < 1.29 is 19.4 Å². The average molecular weight is 446 g/mol. The Morgan fingerprint density at radius 2 is 1.83 bits per heavy atom. The predicted molar refractivity (Wildman–Crippen MR) is 119 cm³/mol. The third-order valence-electron chi connectivity index (χ3n) is 4.58. The van der Waals surface area contributed by atoms with Crippen molar-refractivity contribution in [3.05, 3.63) is 86.9 Å². The molecule has 0 fully saturated rings. The van der Waals surface area contributed by atoms with Crippen molar-refractivity contribution in [3.63, 3.8) is 0 Å². The van der Waals surface area contributed by atoms with Gasteiger partial charge in [0.25, 0.3) is 0 Å². The quantitative estimate of drug-likeness (QED) is 0.431. The normalized spacial score (nSPS) is 10.5. The van der Waals surface area contributed by atoms with Gasteiger partial charge in [-0.15, -0.1) is 0 Å². The predicted octanol–water partition coefficient (Wildman–Crippen LogP) is 6.20. The Morgan fingerprint density at radius 3 is 2.50 bits per heavy atom. The van der Waals surface area contributed by atoms with Crippen molar-refractivity contribution in [2.75, 3.05) is 12.4 Å². The molecule has 0 atom stereocenters. The van der Waals surface area contributed by atoms with Gasteiger partial charge in [0, 0.05) is 22.8 Å². The highest BCUT2D eigenvalue weighted by molar-refractivity contribution is 6.32. The van der Waals surface area contributed by atoms with Crippen LogP contribution in [0.15, 0.2) is 54.6 Å². The van der Waals surface area contributed by atoms with E-state index in [1.165, 1.54) is 0 Å². The van der Waals surface area contributed by atoms with Gasteiger partial charge in [-0.2, -0.15) is 0 Å².